The molecule has 0 saturated heterocycles. The molecule has 2 rings (SSSR count). The number of carbonyl (C=O) groups is 1. The van der Waals surface area contributed by atoms with Crippen LogP contribution in [0, 0.1) is 6.92 Å². The first-order chi connectivity index (χ1) is 8.63. The zero-order valence-electron chi connectivity index (χ0n) is 10.9. The van der Waals surface area contributed by atoms with Crippen molar-refractivity contribution in [1.82, 2.24) is 9.97 Å². The average molecular weight is 249 g/mol. The van der Waals surface area contributed by atoms with Crippen LogP contribution in [0.2, 0.25) is 0 Å². The van der Waals surface area contributed by atoms with Crippen molar-refractivity contribution >= 4 is 11.8 Å². The summed E-state index contributed by atoms with van der Waals surface area (Å²) in [4.78, 5) is 20.3. The highest BCUT2D eigenvalue weighted by Gasteiger charge is 2.22. The molecular weight excluding hydrogens is 230 g/mol. The molecule has 1 aromatic rings. The summed E-state index contributed by atoms with van der Waals surface area (Å²) in [5, 5.41) is 0. The molecule has 2 N–H and O–H groups in total. The number of methoxy groups -OCH3 is 1. The van der Waals surface area contributed by atoms with Crippen LogP contribution in [0.25, 0.3) is 0 Å². The van der Waals surface area contributed by atoms with E-state index in [-0.39, 0.29) is 11.4 Å². The lowest BCUT2D eigenvalue weighted by atomic mass is 9.88. The van der Waals surface area contributed by atoms with E-state index < -0.39 is 5.97 Å². The van der Waals surface area contributed by atoms with Crippen molar-refractivity contribution < 1.29 is 9.53 Å². The Balaban J connectivity index is 2.32. The van der Waals surface area contributed by atoms with Gasteiger partial charge in [-0.2, -0.15) is 0 Å². The van der Waals surface area contributed by atoms with Gasteiger partial charge >= 0.3 is 5.97 Å². The molecule has 1 aromatic heterocycles. The Morgan fingerprint density at radius 3 is 2.50 bits per heavy atom. The van der Waals surface area contributed by atoms with Crippen molar-refractivity contribution in [3.8, 4) is 0 Å². The van der Waals surface area contributed by atoms with Gasteiger partial charge in [-0.05, 0) is 19.8 Å². The molecule has 0 atom stereocenters. The summed E-state index contributed by atoms with van der Waals surface area (Å²) in [7, 11) is 1.33. The highest BCUT2D eigenvalue weighted by molar-refractivity contribution is 5.95. The standard InChI is InChI=1S/C13H19N3O2/c1-8-10(13(17)18-2)11(14)16-12(15-8)9-6-4-3-5-7-9/h9H,3-7H2,1-2H3,(H2,14,15,16). The maximum Gasteiger partial charge on any atom is 0.343 e. The number of rotatable bonds is 2. The summed E-state index contributed by atoms with van der Waals surface area (Å²) in [6, 6.07) is 0. The van der Waals surface area contributed by atoms with Crippen molar-refractivity contribution in [2.45, 2.75) is 44.9 Å². The Labute approximate surface area is 107 Å². The number of anilines is 1. The first kappa shape index (κ1) is 12.8. The zero-order valence-corrected chi connectivity index (χ0v) is 10.9. The van der Waals surface area contributed by atoms with Crippen molar-refractivity contribution in [1.29, 1.82) is 0 Å². The largest absolute Gasteiger partial charge is 0.465 e. The van der Waals surface area contributed by atoms with E-state index in [2.05, 4.69) is 14.7 Å². The predicted octanol–water partition coefficient (Wildman–Crippen LogP) is 2.20. The molecule has 0 aromatic carbocycles. The minimum absolute atomic E-state index is 0.231. The van der Waals surface area contributed by atoms with E-state index in [9.17, 15) is 4.79 Å². The fourth-order valence-corrected chi connectivity index (χ4v) is 2.52. The second kappa shape index (κ2) is 5.33. The molecular formula is C13H19N3O2. The van der Waals surface area contributed by atoms with Gasteiger partial charge in [0.2, 0.25) is 0 Å². The van der Waals surface area contributed by atoms with Crippen LogP contribution in [0.4, 0.5) is 5.82 Å². The van der Waals surface area contributed by atoms with E-state index in [1.54, 1.807) is 6.92 Å². The Kier molecular flexibility index (Phi) is 3.79. The zero-order chi connectivity index (χ0) is 13.1. The van der Waals surface area contributed by atoms with Crippen LogP contribution in [-0.4, -0.2) is 23.0 Å². The van der Waals surface area contributed by atoms with E-state index in [1.807, 2.05) is 0 Å². The topological polar surface area (TPSA) is 78.1 Å². The molecule has 1 saturated carbocycles. The maximum absolute atomic E-state index is 11.6. The number of carbonyl (C=O) groups excluding carboxylic acids is 1. The van der Waals surface area contributed by atoms with Gasteiger partial charge in [0.05, 0.1) is 12.8 Å². The summed E-state index contributed by atoms with van der Waals surface area (Å²) >= 11 is 0. The molecule has 1 heterocycles. The third kappa shape index (κ3) is 2.44. The highest BCUT2D eigenvalue weighted by atomic mass is 16.5. The summed E-state index contributed by atoms with van der Waals surface area (Å²) in [5.41, 5.74) is 6.75. The average Bonchev–Trinajstić information content (AvgIpc) is 2.38. The molecule has 98 valence electrons. The summed E-state index contributed by atoms with van der Waals surface area (Å²) in [6.45, 7) is 1.77. The van der Waals surface area contributed by atoms with Crippen LogP contribution in [0.1, 0.15) is 59.9 Å². The third-order valence-electron chi connectivity index (χ3n) is 3.50. The van der Waals surface area contributed by atoms with Crippen LogP contribution >= 0.6 is 0 Å². The molecule has 1 fully saturated rings. The number of hydrogen-bond donors (Lipinski definition) is 1. The number of esters is 1. The van der Waals surface area contributed by atoms with Gasteiger partial charge in [-0.25, -0.2) is 14.8 Å². The molecule has 0 unspecified atom stereocenters. The first-order valence-corrected chi connectivity index (χ1v) is 6.35. The van der Waals surface area contributed by atoms with Gasteiger partial charge in [0, 0.05) is 5.92 Å². The van der Waals surface area contributed by atoms with Crippen LogP contribution in [-0.2, 0) is 4.74 Å². The number of nitrogen functional groups attached to an aromatic ring is 1. The summed E-state index contributed by atoms with van der Waals surface area (Å²) < 4.78 is 4.68. The molecule has 5 heteroatoms. The Hall–Kier alpha value is -1.65. The lowest BCUT2D eigenvalue weighted by Gasteiger charge is -2.21. The van der Waals surface area contributed by atoms with Gasteiger partial charge < -0.3 is 10.5 Å². The molecule has 0 aliphatic heterocycles. The molecule has 0 spiro atoms. The van der Waals surface area contributed by atoms with Gasteiger partial charge in [0.15, 0.2) is 0 Å². The minimum Gasteiger partial charge on any atom is -0.465 e. The lowest BCUT2D eigenvalue weighted by Crippen LogP contribution is -2.16. The van der Waals surface area contributed by atoms with Crippen molar-refractivity contribution in [2.75, 3.05) is 12.8 Å². The smallest absolute Gasteiger partial charge is 0.343 e. The lowest BCUT2D eigenvalue weighted by molar-refractivity contribution is 0.0600. The monoisotopic (exact) mass is 249 g/mol. The van der Waals surface area contributed by atoms with Crippen LogP contribution in [0.3, 0.4) is 0 Å². The molecule has 1 aliphatic carbocycles. The molecule has 5 nitrogen and oxygen atoms in total. The number of aryl methyl sites for hydroxylation is 1. The number of hydrogen-bond acceptors (Lipinski definition) is 5. The Morgan fingerprint density at radius 1 is 1.28 bits per heavy atom. The number of nitrogens with two attached hydrogens (primary N) is 1. The third-order valence-corrected chi connectivity index (χ3v) is 3.50. The first-order valence-electron chi connectivity index (χ1n) is 6.35. The second-order valence-corrected chi connectivity index (χ2v) is 4.75. The molecule has 0 bridgehead atoms. The highest BCUT2D eigenvalue weighted by Crippen LogP contribution is 2.31. The molecule has 18 heavy (non-hydrogen) atoms. The molecule has 1 aliphatic rings. The van der Waals surface area contributed by atoms with E-state index in [0.717, 1.165) is 18.7 Å². The Bertz CT molecular complexity index is 431. The molecule has 0 radical (unpaired) electrons. The van der Waals surface area contributed by atoms with Gasteiger partial charge in [0.25, 0.3) is 0 Å². The minimum atomic E-state index is -0.472. The number of nitrogens with zero attached hydrogens (tertiary/aromatic N) is 2. The summed E-state index contributed by atoms with van der Waals surface area (Å²) in [5.74, 6) is 0.916. The van der Waals surface area contributed by atoms with E-state index >= 15 is 0 Å². The quantitative estimate of drug-likeness (QED) is 0.813. The van der Waals surface area contributed by atoms with Crippen LogP contribution < -0.4 is 5.73 Å². The van der Waals surface area contributed by atoms with Crippen LogP contribution in [0.5, 0.6) is 0 Å². The fourth-order valence-electron chi connectivity index (χ4n) is 2.52. The Morgan fingerprint density at radius 2 is 1.94 bits per heavy atom. The van der Waals surface area contributed by atoms with Gasteiger partial charge in [-0.15, -0.1) is 0 Å². The molecule has 0 amide bonds. The van der Waals surface area contributed by atoms with Crippen molar-refractivity contribution in [2.24, 2.45) is 0 Å². The van der Waals surface area contributed by atoms with Gasteiger partial charge in [-0.1, -0.05) is 19.3 Å². The predicted molar refractivity (Wildman–Crippen MR) is 68.3 cm³/mol. The maximum atomic E-state index is 11.6. The second-order valence-electron chi connectivity index (χ2n) is 4.75. The van der Waals surface area contributed by atoms with Crippen LogP contribution in [0.15, 0.2) is 0 Å². The number of ether oxygens (including phenoxy) is 1. The van der Waals surface area contributed by atoms with E-state index in [1.165, 1.54) is 26.4 Å². The summed E-state index contributed by atoms with van der Waals surface area (Å²) in [6.07, 6.45) is 5.93. The van der Waals surface area contributed by atoms with E-state index in [0.29, 0.717) is 11.6 Å². The van der Waals surface area contributed by atoms with Gasteiger partial charge in [-0.3, -0.25) is 0 Å². The normalized spacial score (nSPS) is 16.6. The SMILES string of the molecule is COC(=O)c1c(C)nc(C2CCCCC2)nc1N. The van der Waals surface area contributed by atoms with Gasteiger partial charge in [0.1, 0.15) is 17.2 Å². The van der Waals surface area contributed by atoms with Crippen molar-refractivity contribution in [3.63, 3.8) is 0 Å². The van der Waals surface area contributed by atoms with Crippen molar-refractivity contribution in [3.05, 3.63) is 17.1 Å². The number of aromatic nitrogens is 2. The van der Waals surface area contributed by atoms with E-state index in [4.69, 9.17) is 5.73 Å². The fraction of sp³-hybridized carbons (Fsp3) is 0.615.